The molecule has 0 fully saturated rings. The molecule has 0 unspecified atom stereocenters. The molecule has 0 saturated heterocycles. The van der Waals surface area contributed by atoms with Crippen LogP contribution in [-0.2, 0) is 6.61 Å². The first-order valence-corrected chi connectivity index (χ1v) is 6.57. The maximum atomic E-state index is 9.47. The number of rotatable bonds is 3. The number of aliphatic hydroxyl groups is 1. The molecule has 2 aromatic carbocycles. The molecule has 3 nitrogen and oxygen atoms in total. The number of hydrogen-bond acceptors (Lipinski definition) is 3. The zero-order chi connectivity index (χ0) is 13.9. The first-order chi connectivity index (χ1) is 9.76. The molecular formula is C16H12ClNO2. The summed E-state index contributed by atoms with van der Waals surface area (Å²) in [5.74, 6) is 1.05. The van der Waals surface area contributed by atoms with Crippen LogP contribution in [0.15, 0.2) is 54.6 Å². The molecule has 1 N–H and O–H groups in total. The van der Waals surface area contributed by atoms with Crippen LogP contribution in [0.2, 0.25) is 5.02 Å². The Balaban J connectivity index is 2.03. The lowest BCUT2D eigenvalue weighted by Gasteiger charge is -2.09. The quantitative estimate of drug-likeness (QED) is 0.785. The van der Waals surface area contributed by atoms with Gasteiger partial charge in [0.25, 0.3) is 0 Å². The minimum atomic E-state index is -0.0606. The van der Waals surface area contributed by atoms with E-state index in [1.807, 2.05) is 30.3 Å². The van der Waals surface area contributed by atoms with Gasteiger partial charge in [-0.15, -0.1) is 0 Å². The summed E-state index contributed by atoms with van der Waals surface area (Å²) >= 11 is 5.92. The summed E-state index contributed by atoms with van der Waals surface area (Å²) in [6.07, 6.45) is 0. The second-order valence-corrected chi connectivity index (χ2v) is 4.79. The molecule has 1 heterocycles. The van der Waals surface area contributed by atoms with E-state index in [0.29, 0.717) is 16.7 Å². The molecule has 0 atom stereocenters. The van der Waals surface area contributed by atoms with E-state index in [2.05, 4.69) is 4.98 Å². The lowest BCUT2D eigenvalue weighted by atomic mass is 10.1. The molecule has 0 aliphatic rings. The van der Waals surface area contributed by atoms with Crippen molar-refractivity contribution in [3.05, 3.63) is 65.2 Å². The molecule has 0 aliphatic carbocycles. The molecule has 0 bridgehead atoms. The van der Waals surface area contributed by atoms with E-state index in [0.717, 1.165) is 16.5 Å². The highest BCUT2D eigenvalue weighted by Crippen LogP contribution is 2.27. The number of benzene rings is 2. The predicted octanol–water partition coefficient (Wildman–Crippen LogP) is 4.17. The van der Waals surface area contributed by atoms with E-state index in [9.17, 15) is 5.11 Å². The van der Waals surface area contributed by atoms with Crippen molar-refractivity contribution in [2.24, 2.45) is 0 Å². The number of ether oxygens (including phenoxy) is 1. The van der Waals surface area contributed by atoms with E-state index in [4.69, 9.17) is 16.3 Å². The highest BCUT2D eigenvalue weighted by Gasteiger charge is 2.06. The number of para-hydroxylation sites is 1. The summed E-state index contributed by atoms with van der Waals surface area (Å²) in [4.78, 5) is 4.43. The number of pyridine rings is 1. The number of hydrogen-bond donors (Lipinski definition) is 1. The Kier molecular flexibility index (Phi) is 3.54. The van der Waals surface area contributed by atoms with Gasteiger partial charge in [0.15, 0.2) is 0 Å². The number of nitrogens with zero attached hydrogens (tertiary/aromatic N) is 1. The number of aromatic nitrogens is 1. The van der Waals surface area contributed by atoms with Gasteiger partial charge in [0.05, 0.1) is 12.1 Å². The third kappa shape index (κ3) is 2.59. The Morgan fingerprint density at radius 1 is 1.05 bits per heavy atom. The van der Waals surface area contributed by atoms with Crippen molar-refractivity contribution in [3.63, 3.8) is 0 Å². The van der Waals surface area contributed by atoms with Gasteiger partial charge in [0.1, 0.15) is 5.75 Å². The largest absolute Gasteiger partial charge is 0.439 e. The third-order valence-electron chi connectivity index (χ3n) is 2.97. The zero-order valence-electron chi connectivity index (χ0n) is 10.6. The minimum Gasteiger partial charge on any atom is -0.439 e. The van der Waals surface area contributed by atoms with Gasteiger partial charge >= 0.3 is 0 Å². The molecule has 0 spiro atoms. The normalized spacial score (nSPS) is 10.7. The fraction of sp³-hybridized carbons (Fsp3) is 0.0625. The second kappa shape index (κ2) is 5.49. The fourth-order valence-corrected chi connectivity index (χ4v) is 2.24. The predicted molar refractivity (Wildman–Crippen MR) is 79.2 cm³/mol. The third-order valence-corrected chi connectivity index (χ3v) is 3.20. The molecule has 4 heteroatoms. The first kappa shape index (κ1) is 12.9. The average molecular weight is 286 g/mol. The molecule has 0 aliphatic heterocycles. The summed E-state index contributed by atoms with van der Waals surface area (Å²) < 4.78 is 5.70. The van der Waals surface area contributed by atoms with E-state index < -0.39 is 0 Å². The summed E-state index contributed by atoms with van der Waals surface area (Å²) in [6, 6.07) is 16.5. The van der Waals surface area contributed by atoms with Gasteiger partial charge in [-0.25, -0.2) is 4.98 Å². The van der Waals surface area contributed by atoms with Crippen LogP contribution >= 0.6 is 11.6 Å². The molecule has 20 heavy (non-hydrogen) atoms. The Morgan fingerprint density at radius 2 is 1.90 bits per heavy atom. The number of fused-ring (bicyclic) bond motifs is 1. The van der Waals surface area contributed by atoms with Gasteiger partial charge in [0.2, 0.25) is 5.88 Å². The zero-order valence-corrected chi connectivity index (χ0v) is 11.3. The maximum absolute atomic E-state index is 9.47. The Morgan fingerprint density at radius 3 is 2.70 bits per heavy atom. The SMILES string of the molecule is OCc1cc(Oc2cccc(Cl)c2)nc2ccccc12. The van der Waals surface area contributed by atoms with Gasteiger partial charge in [-0.3, -0.25) is 0 Å². The van der Waals surface area contributed by atoms with Crippen molar-refractivity contribution in [2.75, 3.05) is 0 Å². The molecule has 0 radical (unpaired) electrons. The van der Waals surface area contributed by atoms with E-state index in [-0.39, 0.29) is 6.61 Å². The number of halogens is 1. The molecule has 100 valence electrons. The summed E-state index contributed by atoms with van der Waals surface area (Å²) in [6.45, 7) is -0.0606. The standard InChI is InChI=1S/C16H12ClNO2/c17-12-4-3-5-13(9-12)20-16-8-11(10-19)14-6-1-2-7-15(14)18-16/h1-9,19H,10H2. The fourth-order valence-electron chi connectivity index (χ4n) is 2.05. The van der Waals surface area contributed by atoms with Crippen molar-refractivity contribution in [1.29, 1.82) is 0 Å². The molecule has 0 saturated carbocycles. The Labute approximate surface area is 121 Å². The molecule has 3 aromatic rings. The topological polar surface area (TPSA) is 42.4 Å². The lowest BCUT2D eigenvalue weighted by Crippen LogP contribution is -1.93. The van der Waals surface area contributed by atoms with Crippen LogP contribution in [-0.4, -0.2) is 10.1 Å². The Bertz CT molecular complexity index is 758. The lowest BCUT2D eigenvalue weighted by molar-refractivity contribution is 0.282. The monoisotopic (exact) mass is 285 g/mol. The van der Waals surface area contributed by atoms with Crippen LogP contribution in [0.1, 0.15) is 5.56 Å². The average Bonchev–Trinajstić information content (AvgIpc) is 2.46. The van der Waals surface area contributed by atoms with Crippen molar-refractivity contribution in [3.8, 4) is 11.6 Å². The van der Waals surface area contributed by atoms with Crippen LogP contribution in [0.3, 0.4) is 0 Å². The van der Waals surface area contributed by atoms with Crippen molar-refractivity contribution in [2.45, 2.75) is 6.61 Å². The van der Waals surface area contributed by atoms with Crippen LogP contribution < -0.4 is 4.74 Å². The van der Waals surface area contributed by atoms with Gasteiger partial charge in [-0.05, 0) is 29.8 Å². The van der Waals surface area contributed by atoms with Crippen LogP contribution in [0.4, 0.5) is 0 Å². The van der Waals surface area contributed by atoms with E-state index in [1.165, 1.54) is 0 Å². The molecule has 3 rings (SSSR count). The van der Waals surface area contributed by atoms with Crippen LogP contribution in [0, 0.1) is 0 Å². The van der Waals surface area contributed by atoms with Crippen molar-refractivity contribution < 1.29 is 9.84 Å². The highest BCUT2D eigenvalue weighted by molar-refractivity contribution is 6.30. The van der Waals surface area contributed by atoms with E-state index in [1.54, 1.807) is 24.3 Å². The van der Waals surface area contributed by atoms with Gasteiger partial charge in [-0.2, -0.15) is 0 Å². The highest BCUT2D eigenvalue weighted by atomic mass is 35.5. The van der Waals surface area contributed by atoms with Gasteiger partial charge in [0, 0.05) is 16.5 Å². The van der Waals surface area contributed by atoms with Gasteiger partial charge < -0.3 is 9.84 Å². The minimum absolute atomic E-state index is 0.0606. The van der Waals surface area contributed by atoms with Crippen molar-refractivity contribution in [1.82, 2.24) is 4.98 Å². The smallest absolute Gasteiger partial charge is 0.220 e. The van der Waals surface area contributed by atoms with Crippen LogP contribution in [0.5, 0.6) is 11.6 Å². The second-order valence-electron chi connectivity index (χ2n) is 4.35. The molecule has 1 aromatic heterocycles. The number of aliphatic hydroxyl groups excluding tert-OH is 1. The molecule has 0 amide bonds. The Hall–Kier alpha value is -2.10. The first-order valence-electron chi connectivity index (χ1n) is 6.19. The summed E-state index contributed by atoms with van der Waals surface area (Å²) in [7, 11) is 0. The molecular weight excluding hydrogens is 274 g/mol. The van der Waals surface area contributed by atoms with Crippen molar-refractivity contribution >= 4 is 22.5 Å². The summed E-state index contributed by atoms with van der Waals surface area (Å²) in [5.41, 5.74) is 1.57. The summed E-state index contributed by atoms with van der Waals surface area (Å²) in [5, 5.41) is 11.0. The van der Waals surface area contributed by atoms with Crippen LogP contribution in [0.25, 0.3) is 10.9 Å². The maximum Gasteiger partial charge on any atom is 0.220 e. The van der Waals surface area contributed by atoms with Gasteiger partial charge in [-0.1, -0.05) is 35.9 Å². The van der Waals surface area contributed by atoms with E-state index >= 15 is 0 Å².